The number of carboxylic acids is 1. The van der Waals surface area contributed by atoms with E-state index in [1.807, 2.05) is 60.8 Å². The summed E-state index contributed by atoms with van der Waals surface area (Å²) in [6.45, 7) is 0. The van der Waals surface area contributed by atoms with Crippen LogP contribution in [-0.2, 0) is 0 Å². The van der Waals surface area contributed by atoms with E-state index in [1.54, 1.807) is 12.1 Å². The third kappa shape index (κ3) is 3.59. The molecule has 5 N–H and O–H groups in total. The number of hydrogen-bond acceptors (Lipinski definition) is 5. The maximum absolute atomic E-state index is 11.9. The number of nitrogens with one attached hydrogen (secondary N) is 4. The predicted octanol–water partition coefficient (Wildman–Crippen LogP) is 3.21. The number of rotatable bonds is 3. The molecule has 0 saturated heterocycles. The highest BCUT2D eigenvalue weighted by molar-refractivity contribution is 6.00. The lowest BCUT2D eigenvalue weighted by molar-refractivity contribution is 0.0697. The van der Waals surface area contributed by atoms with Crippen LogP contribution in [0.5, 0.6) is 0 Å². The number of nitrogens with zero attached hydrogens (tertiary/aromatic N) is 1. The zero-order valence-electron chi connectivity index (χ0n) is 16.2. The summed E-state index contributed by atoms with van der Waals surface area (Å²) in [5.41, 5.74) is 13.2. The summed E-state index contributed by atoms with van der Waals surface area (Å²) < 4.78 is 0. The van der Waals surface area contributed by atoms with E-state index in [1.165, 1.54) is 0 Å². The predicted molar refractivity (Wildman–Crippen MR) is 119 cm³/mol. The fourth-order valence-electron chi connectivity index (χ4n) is 3.54. The molecule has 0 aliphatic carbocycles. The molecule has 7 nitrogen and oxygen atoms in total. The topological polar surface area (TPSA) is 102 Å². The van der Waals surface area contributed by atoms with E-state index >= 15 is 0 Å². The first-order valence-corrected chi connectivity index (χ1v) is 9.59. The van der Waals surface area contributed by atoms with E-state index in [4.69, 9.17) is 0 Å². The lowest BCUT2D eigenvalue weighted by Crippen LogP contribution is -2.35. The van der Waals surface area contributed by atoms with E-state index < -0.39 is 5.97 Å². The van der Waals surface area contributed by atoms with Gasteiger partial charge in [0.2, 0.25) is 0 Å². The zero-order valence-corrected chi connectivity index (χ0v) is 16.2. The van der Waals surface area contributed by atoms with Crippen molar-refractivity contribution in [1.29, 1.82) is 0 Å². The van der Waals surface area contributed by atoms with Gasteiger partial charge >= 0.3 is 5.97 Å². The number of aromatic carboxylic acids is 1. The van der Waals surface area contributed by atoms with Crippen molar-refractivity contribution in [1.82, 2.24) is 21.5 Å². The molecule has 2 heterocycles. The van der Waals surface area contributed by atoms with E-state index in [0.29, 0.717) is 17.0 Å². The van der Waals surface area contributed by atoms with E-state index in [-0.39, 0.29) is 5.56 Å². The number of benzene rings is 3. The molecule has 0 atom stereocenters. The van der Waals surface area contributed by atoms with Gasteiger partial charge in [0.1, 0.15) is 0 Å². The maximum atomic E-state index is 11.9. The van der Waals surface area contributed by atoms with Crippen LogP contribution in [0.15, 0.2) is 78.0 Å². The van der Waals surface area contributed by atoms with E-state index in [9.17, 15) is 9.90 Å². The Balaban J connectivity index is 1.55. The molecule has 150 valence electrons. The summed E-state index contributed by atoms with van der Waals surface area (Å²) in [5.74, 6) is 6.01. The smallest absolute Gasteiger partial charge is 0.336 e. The molecule has 0 amide bonds. The lowest BCUT2D eigenvalue weighted by Gasteiger charge is -2.10. The number of aromatic nitrogens is 1. The molecule has 7 heteroatoms. The number of hydrazine groups is 2. The summed E-state index contributed by atoms with van der Waals surface area (Å²) >= 11 is 0. The average Bonchev–Trinajstić information content (AvgIpc) is 3.49. The molecule has 1 aliphatic heterocycles. The second-order valence-electron chi connectivity index (χ2n) is 6.96. The maximum Gasteiger partial charge on any atom is 0.336 e. The van der Waals surface area contributed by atoms with Crippen LogP contribution in [0.25, 0.3) is 22.0 Å². The van der Waals surface area contributed by atoms with Crippen LogP contribution in [0.1, 0.15) is 27.0 Å². The minimum Gasteiger partial charge on any atom is -0.478 e. The van der Waals surface area contributed by atoms with Crippen molar-refractivity contribution in [3.8, 4) is 23.0 Å². The summed E-state index contributed by atoms with van der Waals surface area (Å²) in [6, 6.07) is 20.6. The number of aromatic amines is 1. The molecular formula is C24H17N5O2. The average molecular weight is 407 g/mol. The van der Waals surface area contributed by atoms with E-state index in [0.717, 1.165) is 27.6 Å². The molecule has 3 aromatic carbocycles. The number of hydrazone groups is 1. The number of carbonyl (C=O) groups is 1. The van der Waals surface area contributed by atoms with Gasteiger partial charge < -0.3 is 10.1 Å². The van der Waals surface area contributed by atoms with Gasteiger partial charge in [-0.2, -0.15) is 0 Å². The molecule has 0 saturated carbocycles. The third-order valence-corrected chi connectivity index (χ3v) is 5.04. The van der Waals surface area contributed by atoms with Crippen LogP contribution in [0.3, 0.4) is 0 Å². The van der Waals surface area contributed by atoms with Crippen LogP contribution in [0.2, 0.25) is 0 Å². The number of fused-ring (bicyclic) bond motifs is 1. The Morgan fingerprint density at radius 1 is 0.935 bits per heavy atom. The molecule has 1 aliphatic rings. The first-order chi connectivity index (χ1) is 15.2. The normalized spacial score (nSPS) is 12.5. The van der Waals surface area contributed by atoms with Crippen LogP contribution < -0.4 is 16.5 Å². The van der Waals surface area contributed by atoms with Crippen molar-refractivity contribution in [2.45, 2.75) is 0 Å². The van der Waals surface area contributed by atoms with Gasteiger partial charge in [-0.1, -0.05) is 30.0 Å². The molecule has 4 aromatic rings. The summed E-state index contributed by atoms with van der Waals surface area (Å²) in [7, 11) is 0. The quantitative estimate of drug-likeness (QED) is 0.336. The van der Waals surface area contributed by atoms with Crippen molar-refractivity contribution >= 4 is 22.7 Å². The van der Waals surface area contributed by atoms with Gasteiger partial charge in [-0.15, -0.1) is 10.6 Å². The standard InChI is InChI=1S/C24H17N5O2/c30-24(31)20-3-1-2-17(22(20)19-11-10-16-12-13-25-21(16)14-19)7-4-15-5-8-18(9-6-15)23-26-28-29-27-23/h1-3,5-6,8-14,25,28-29H,(H,26,27)(H,30,31). The molecule has 5 rings (SSSR count). The molecule has 0 fully saturated rings. The summed E-state index contributed by atoms with van der Waals surface area (Å²) in [4.78, 5) is 15.1. The number of amidine groups is 1. The molecule has 0 radical (unpaired) electrons. The Hall–Kier alpha value is -4.54. The van der Waals surface area contributed by atoms with Gasteiger partial charge in [0.05, 0.1) is 5.56 Å². The Bertz CT molecular complexity index is 1390. The Labute approximate surface area is 177 Å². The van der Waals surface area contributed by atoms with Crippen molar-refractivity contribution < 1.29 is 9.90 Å². The highest BCUT2D eigenvalue weighted by Gasteiger charge is 2.15. The van der Waals surface area contributed by atoms with Gasteiger partial charge in [-0.25, -0.2) is 10.3 Å². The Morgan fingerprint density at radius 3 is 2.55 bits per heavy atom. The van der Waals surface area contributed by atoms with Gasteiger partial charge in [0, 0.05) is 34.0 Å². The first-order valence-electron chi connectivity index (χ1n) is 9.59. The van der Waals surface area contributed by atoms with Crippen molar-refractivity contribution in [3.63, 3.8) is 0 Å². The lowest BCUT2D eigenvalue weighted by atomic mass is 9.93. The largest absolute Gasteiger partial charge is 0.478 e. The summed E-state index contributed by atoms with van der Waals surface area (Å²) in [5, 5.41) is 14.9. The Morgan fingerprint density at radius 2 is 1.77 bits per heavy atom. The van der Waals surface area contributed by atoms with Crippen LogP contribution in [0.4, 0.5) is 0 Å². The van der Waals surface area contributed by atoms with Gasteiger partial charge in [-0.3, -0.25) is 5.43 Å². The second-order valence-corrected chi connectivity index (χ2v) is 6.96. The van der Waals surface area contributed by atoms with Gasteiger partial charge in [0.15, 0.2) is 5.84 Å². The summed E-state index contributed by atoms with van der Waals surface area (Å²) in [6.07, 6.45) is 1.86. The number of carboxylic acid groups (broad SMARTS) is 1. The molecule has 0 unspecified atom stereocenters. The monoisotopic (exact) mass is 407 g/mol. The minimum atomic E-state index is -0.985. The highest BCUT2D eigenvalue weighted by Crippen LogP contribution is 2.30. The van der Waals surface area contributed by atoms with Crippen molar-refractivity contribution in [2.24, 2.45) is 5.10 Å². The van der Waals surface area contributed by atoms with Gasteiger partial charge in [0.25, 0.3) is 0 Å². The molecule has 31 heavy (non-hydrogen) atoms. The molecule has 1 aromatic heterocycles. The van der Waals surface area contributed by atoms with Crippen LogP contribution in [-0.4, -0.2) is 21.9 Å². The van der Waals surface area contributed by atoms with Crippen LogP contribution >= 0.6 is 0 Å². The van der Waals surface area contributed by atoms with Crippen LogP contribution in [0, 0.1) is 11.8 Å². The minimum absolute atomic E-state index is 0.221. The fourth-order valence-corrected chi connectivity index (χ4v) is 3.54. The van der Waals surface area contributed by atoms with Gasteiger partial charge in [-0.05, 0) is 59.5 Å². The SMILES string of the molecule is O=C(O)c1cccc(C#Cc2ccc(C3=NNNN3)cc2)c1-c1ccc2cc[nH]c2c1. The number of H-pyrrole nitrogens is 1. The Kier molecular flexibility index (Phi) is 4.60. The zero-order chi connectivity index (χ0) is 21.2. The second kappa shape index (κ2) is 7.71. The molecule has 0 spiro atoms. The first kappa shape index (κ1) is 18.5. The number of hydrogen-bond donors (Lipinski definition) is 5. The van der Waals surface area contributed by atoms with E-state index in [2.05, 4.69) is 38.4 Å². The molecule has 0 bridgehead atoms. The van der Waals surface area contributed by atoms with Crippen molar-refractivity contribution in [2.75, 3.05) is 0 Å². The third-order valence-electron chi connectivity index (χ3n) is 5.04. The van der Waals surface area contributed by atoms with Crippen molar-refractivity contribution in [3.05, 3.63) is 95.2 Å². The molecular weight excluding hydrogens is 390 g/mol. The fraction of sp³-hybridized carbons (Fsp3) is 0. The highest BCUT2D eigenvalue weighted by atomic mass is 16.4.